The lowest BCUT2D eigenvalue weighted by Gasteiger charge is -2.21. The summed E-state index contributed by atoms with van der Waals surface area (Å²) >= 11 is 1.98. The first kappa shape index (κ1) is 7.97. The summed E-state index contributed by atoms with van der Waals surface area (Å²) in [6.07, 6.45) is 7.16. The Morgan fingerprint density at radius 1 is 1.80 bits per heavy atom. The molecule has 0 spiro atoms. The highest BCUT2D eigenvalue weighted by molar-refractivity contribution is 8.00. The summed E-state index contributed by atoms with van der Waals surface area (Å²) in [5.41, 5.74) is 0. The van der Waals surface area contributed by atoms with Crippen LogP contribution in [0, 0.1) is 12.3 Å². The number of rotatable bonds is 2. The minimum Gasteiger partial charge on any atom is -0.302 e. The highest BCUT2D eigenvalue weighted by Crippen LogP contribution is 2.30. The highest BCUT2D eigenvalue weighted by atomic mass is 32.2. The minimum absolute atomic E-state index is 0.270. The van der Waals surface area contributed by atoms with Crippen LogP contribution in [0.3, 0.4) is 0 Å². The number of nitrogens with one attached hydrogen (secondary N) is 1. The summed E-state index contributed by atoms with van der Waals surface area (Å²) in [6.45, 7) is 3.35. The standard InChI is InChI=1S/C8H13NS/c1-3-4-5-8(2)9-6-7-10-8/h1,9H,4-7H2,2H3. The minimum atomic E-state index is 0.270. The molecule has 0 aromatic carbocycles. The number of hydrogen-bond donors (Lipinski definition) is 1. The van der Waals surface area contributed by atoms with E-state index in [1.54, 1.807) is 0 Å². The predicted octanol–water partition coefficient (Wildman–Crippen LogP) is 1.45. The van der Waals surface area contributed by atoms with Gasteiger partial charge in [-0.05, 0) is 13.3 Å². The van der Waals surface area contributed by atoms with Gasteiger partial charge in [-0.3, -0.25) is 0 Å². The van der Waals surface area contributed by atoms with Crippen LogP contribution in [0.2, 0.25) is 0 Å². The van der Waals surface area contributed by atoms with Gasteiger partial charge in [-0.25, -0.2) is 0 Å². The van der Waals surface area contributed by atoms with Crippen LogP contribution in [0.1, 0.15) is 19.8 Å². The Labute approximate surface area is 67.0 Å². The predicted molar refractivity (Wildman–Crippen MR) is 46.9 cm³/mol. The van der Waals surface area contributed by atoms with Crippen molar-refractivity contribution in [3.05, 3.63) is 0 Å². The number of thioether (sulfide) groups is 1. The summed E-state index contributed by atoms with van der Waals surface area (Å²) in [5, 5.41) is 3.44. The average Bonchev–Trinajstić information content (AvgIpc) is 2.33. The third kappa shape index (κ3) is 1.93. The second kappa shape index (κ2) is 3.32. The lowest BCUT2D eigenvalue weighted by atomic mass is 10.2. The van der Waals surface area contributed by atoms with Gasteiger partial charge in [-0.15, -0.1) is 24.1 Å². The number of hydrogen-bond acceptors (Lipinski definition) is 2. The van der Waals surface area contributed by atoms with Crippen molar-refractivity contribution in [2.24, 2.45) is 0 Å². The molecule has 1 fully saturated rings. The molecule has 1 atom stereocenters. The molecule has 10 heavy (non-hydrogen) atoms. The molecule has 1 aliphatic heterocycles. The molecule has 0 aromatic rings. The molecular weight excluding hydrogens is 142 g/mol. The van der Waals surface area contributed by atoms with Crippen LogP contribution in [0.15, 0.2) is 0 Å². The van der Waals surface area contributed by atoms with Gasteiger partial charge in [0.1, 0.15) is 0 Å². The van der Waals surface area contributed by atoms with Crippen LogP contribution in [-0.4, -0.2) is 17.2 Å². The van der Waals surface area contributed by atoms with Crippen LogP contribution >= 0.6 is 11.8 Å². The maximum Gasteiger partial charge on any atom is 0.0626 e. The van der Waals surface area contributed by atoms with Gasteiger partial charge in [0.2, 0.25) is 0 Å². The van der Waals surface area contributed by atoms with Crippen molar-refractivity contribution < 1.29 is 0 Å². The van der Waals surface area contributed by atoms with Gasteiger partial charge in [0.25, 0.3) is 0 Å². The summed E-state index contributed by atoms with van der Waals surface area (Å²) in [4.78, 5) is 0.270. The van der Waals surface area contributed by atoms with Gasteiger partial charge in [0, 0.05) is 18.7 Å². The van der Waals surface area contributed by atoms with E-state index in [1.165, 1.54) is 5.75 Å². The van der Waals surface area contributed by atoms with E-state index in [-0.39, 0.29) is 4.87 Å². The first-order valence-corrected chi connectivity index (χ1v) is 4.58. The molecule has 0 amide bonds. The lowest BCUT2D eigenvalue weighted by molar-refractivity contribution is 0.514. The van der Waals surface area contributed by atoms with Crippen LogP contribution < -0.4 is 5.32 Å². The van der Waals surface area contributed by atoms with Crippen molar-refractivity contribution in [1.82, 2.24) is 5.32 Å². The molecule has 1 aliphatic rings. The molecule has 2 heteroatoms. The van der Waals surface area contributed by atoms with Crippen LogP contribution in [0.4, 0.5) is 0 Å². The molecule has 1 nitrogen and oxygen atoms in total. The van der Waals surface area contributed by atoms with E-state index in [4.69, 9.17) is 6.42 Å². The van der Waals surface area contributed by atoms with E-state index in [0.717, 1.165) is 19.4 Å². The lowest BCUT2D eigenvalue weighted by Crippen LogP contribution is -2.33. The normalized spacial score (nSPS) is 32.0. The first-order valence-electron chi connectivity index (χ1n) is 3.59. The first-order chi connectivity index (χ1) is 4.77. The Balaban J connectivity index is 2.30. The van der Waals surface area contributed by atoms with Crippen molar-refractivity contribution in [3.63, 3.8) is 0 Å². The Kier molecular flexibility index (Phi) is 2.64. The molecule has 0 bridgehead atoms. The van der Waals surface area contributed by atoms with Gasteiger partial charge >= 0.3 is 0 Å². The quantitative estimate of drug-likeness (QED) is 0.606. The van der Waals surface area contributed by atoms with Crippen LogP contribution in [-0.2, 0) is 0 Å². The van der Waals surface area contributed by atoms with Gasteiger partial charge in [-0.1, -0.05) is 0 Å². The molecule has 1 rings (SSSR count). The van der Waals surface area contributed by atoms with Crippen LogP contribution in [0.5, 0.6) is 0 Å². The largest absolute Gasteiger partial charge is 0.302 e. The zero-order chi connectivity index (χ0) is 7.45. The third-order valence-electron chi connectivity index (χ3n) is 1.77. The Morgan fingerprint density at radius 2 is 2.60 bits per heavy atom. The second-order valence-corrected chi connectivity index (χ2v) is 4.31. The smallest absolute Gasteiger partial charge is 0.0626 e. The van der Waals surface area contributed by atoms with E-state index in [1.807, 2.05) is 11.8 Å². The molecule has 0 aliphatic carbocycles. The Morgan fingerprint density at radius 3 is 3.10 bits per heavy atom. The summed E-state index contributed by atoms with van der Waals surface area (Å²) in [7, 11) is 0. The molecule has 0 aromatic heterocycles. The van der Waals surface area contributed by atoms with E-state index in [2.05, 4.69) is 18.2 Å². The molecule has 56 valence electrons. The van der Waals surface area contributed by atoms with E-state index in [0.29, 0.717) is 0 Å². The molecule has 1 N–H and O–H groups in total. The van der Waals surface area contributed by atoms with E-state index < -0.39 is 0 Å². The third-order valence-corrected chi connectivity index (χ3v) is 3.16. The number of terminal acetylenes is 1. The second-order valence-electron chi connectivity index (χ2n) is 2.71. The Bertz CT molecular complexity index is 142. The fraction of sp³-hybridized carbons (Fsp3) is 0.750. The van der Waals surface area contributed by atoms with Crippen molar-refractivity contribution in [2.75, 3.05) is 12.3 Å². The molecule has 1 heterocycles. The maximum absolute atomic E-state index is 5.18. The summed E-state index contributed by atoms with van der Waals surface area (Å²) in [5.74, 6) is 3.89. The maximum atomic E-state index is 5.18. The van der Waals surface area contributed by atoms with Crippen molar-refractivity contribution in [1.29, 1.82) is 0 Å². The van der Waals surface area contributed by atoms with Crippen molar-refractivity contribution >= 4 is 11.8 Å². The van der Waals surface area contributed by atoms with Crippen LogP contribution in [0.25, 0.3) is 0 Å². The monoisotopic (exact) mass is 155 g/mol. The Hall–Kier alpha value is -0.130. The topological polar surface area (TPSA) is 12.0 Å². The fourth-order valence-corrected chi connectivity index (χ4v) is 2.22. The zero-order valence-corrected chi connectivity index (χ0v) is 7.13. The van der Waals surface area contributed by atoms with Crippen molar-refractivity contribution in [2.45, 2.75) is 24.6 Å². The summed E-state index contributed by atoms with van der Waals surface area (Å²) in [6, 6.07) is 0. The van der Waals surface area contributed by atoms with Gasteiger partial charge in [-0.2, -0.15) is 0 Å². The molecule has 1 saturated heterocycles. The fourth-order valence-electron chi connectivity index (χ4n) is 1.11. The average molecular weight is 155 g/mol. The SMILES string of the molecule is C#CCCC1(C)NCCS1. The molecule has 0 saturated carbocycles. The summed E-state index contributed by atoms with van der Waals surface area (Å²) < 4.78 is 0. The molecule has 0 radical (unpaired) electrons. The molecule has 1 unspecified atom stereocenters. The highest BCUT2D eigenvalue weighted by Gasteiger charge is 2.27. The van der Waals surface area contributed by atoms with Gasteiger partial charge in [0.15, 0.2) is 0 Å². The molecular formula is C8H13NS. The van der Waals surface area contributed by atoms with E-state index in [9.17, 15) is 0 Å². The van der Waals surface area contributed by atoms with Gasteiger partial charge < -0.3 is 5.32 Å². The zero-order valence-electron chi connectivity index (χ0n) is 6.31. The van der Waals surface area contributed by atoms with Crippen molar-refractivity contribution in [3.8, 4) is 12.3 Å². The van der Waals surface area contributed by atoms with Gasteiger partial charge in [0.05, 0.1) is 4.87 Å². The van der Waals surface area contributed by atoms with E-state index >= 15 is 0 Å².